The molecule has 1 rings (SSSR count). The number of hydrogen-bond donors (Lipinski definition) is 2. The molecule has 2 N–H and O–H groups in total. The molecule has 1 amide bonds. The van der Waals surface area contributed by atoms with Gasteiger partial charge in [0, 0.05) is 13.0 Å². The van der Waals surface area contributed by atoms with Gasteiger partial charge in [-0.25, -0.2) is 0 Å². The Hall–Kier alpha value is -1.92. The van der Waals surface area contributed by atoms with Crippen LogP contribution in [0, 0.1) is 0 Å². The lowest BCUT2D eigenvalue weighted by molar-refractivity contribution is -0.140. The molecule has 0 spiro atoms. The first-order chi connectivity index (χ1) is 8.24. The summed E-state index contributed by atoms with van der Waals surface area (Å²) in [6.07, 6.45) is 4.25. The summed E-state index contributed by atoms with van der Waals surface area (Å²) < 4.78 is 4.52. The zero-order valence-corrected chi connectivity index (χ0v) is 9.73. The molecule has 1 aromatic heterocycles. The van der Waals surface area contributed by atoms with Gasteiger partial charge in [0.2, 0.25) is 0 Å². The van der Waals surface area contributed by atoms with Crippen molar-refractivity contribution in [3.05, 3.63) is 11.9 Å². The average molecular weight is 240 g/mol. The van der Waals surface area contributed by atoms with Gasteiger partial charge >= 0.3 is 5.97 Å². The maximum Gasteiger partial charge on any atom is 0.305 e. The van der Waals surface area contributed by atoms with E-state index in [1.165, 1.54) is 13.3 Å². The van der Waals surface area contributed by atoms with Gasteiger partial charge in [-0.2, -0.15) is 15.4 Å². The zero-order valence-electron chi connectivity index (χ0n) is 9.73. The summed E-state index contributed by atoms with van der Waals surface area (Å²) in [5.74, 6) is -0.441. The van der Waals surface area contributed by atoms with Gasteiger partial charge in [0.25, 0.3) is 5.91 Å². The predicted octanol–water partition coefficient (Wildman–Crippen LogP) is 0.268. The Labute approximate surface area is 98.9 Å². The summed E-state index contributed by atoms with van der Waals surface area (Å²) in [7, 11) is 1.38. The number of esters is 1. The van der Waals surface area contributed by atoms with Crippen LogP contribution in [0.4, 0.5) is 0 Å². The third kappa shape index (κ3) is 5.10. The van der Waals surface area contributed by atoms with Crippen LogP contribution in [0.25, 0.3) is 0 Å². The zero-order chi connectivity index (χ0) is 12.5. The van der Waals surface area contributed by atoms with Crippen LogP contribution in [-0.4, -0.2) is 40.9 Å². The van der Waals surface area contributed by atoms with Crippen LogP contribution in [0.15, 0.2) is 6.20 Å². The van der Waals surface area contributed by atoms with Crippen LogP contribution < -0.4 is 5.32 Å². The highest BCUT2D eigenvalue weighted by Gasteiger charge is 2.06. The number of aromatic amines is 1. The molecule has 0 atom stereocenters. The number of methoxy groups -OCH3 is 1. The largest absolute Gasteiger partial charge is 0.469 e. The minimum Gasteiger partial charge on any atom is -0.469 e. The van der Waals surface area contributed by atoms with E-state index in [0.29, 0.717) is 13.0 Å². The molecule has 0 saturated heterocycles. The number of unbranched alkanes of at least 4 members (excludes halogenated alkanes) is 2. The third-order valence-electron chi connectivity index (χ3n) is 2.22. The smallest absolute Gasteiger partial charge is 0.305 e. The molecular formula is C10H16N4O3. The Balaban J connectivity index is 2.01. The molecule has 1 aromatic rings. The van der Waals surface area contributed by atoms with Crippen LogP contribution in [-0.2, 0) is 9.53 Å². The van der Waals surface area contributed by atoms with E-state index in [2.05, 4.69) is 25.5 Å². The Morgan fingerprint density at radius 2 is 2.24 bits per heavy atom. The second kappa shape index (κ2) is 7.37. The van der Waals surface area contributed by atoms with Crippen molar-refractivity contribution in [2.24, 2.45) is 0 Å². The number of carbonyl (C=O) groups is 2. The second-order valence-electron chi connectivity index (χ2n) is 3.50. The summed E-state index contributed by atoms with van der Waals surface area (Å²) in [5, 5.41) is 12.3. The molecule has 0 aliphatic rings. The van der Waals surface area contributed by atoms with Crippen LogP contribution in [0.5, 0.6) is 0 Å². The van der Waals surface area contributed by atoms with Crippen molar-refractivity contribution in [3.8, 4) is 0 Å². The minimum absolute atomic E-state index is 0.198. The molecular weight excluding hydrogens is 224 g/mol. The van der Waals surface area contributed by atoms with E-state index >= 15 is 0 Å². The highest BCUT2D eigenvalue weighted by Crippen LogP contribution is 2.00. The van der Waals surface area contributed by atoms with Gasteiger partial charge in [-0.15, -0.1) is 0 Å². The lowest BCUT2D eigenvalue weighted by Crippen LogP contribution is -2.24. The predicted molar refractivity (Wildman–Crippen MR) is 59.2 cm³/mol. The fourth-order valence-corrected chi connectivity index (χ4v) is 1.28. The number of ether oxygens (including phenoxy) is 1. The van der Waals surface area contributed by atoms with Crippen LogP contribution in [0.2, 0.25) is 0 Å². The summed E-state index contributed by atoms with van der Waals surface area (Å²) in [6, 6.07) is 0. The first-order valence-corrected chi connectivity index (χ1v) is 5.45. The maximum absolute atomic E-state index is 11.4. The Bertz CT molecular complexity index is 350. The third-order valence-corrected chi connectivity index (χ3v) is 2.22. The molecule has 0 aromatic carbocycles. The quantitative estimate of drug-likeness (QED) is 0.526. The topological polar surface area (TPSA) is 97.0 Å². The lowest BCUT2D eigenvalue weighted by Gasteiger charge is -2.02. The first kappa shape index (κ1) is 13.1. The molecule has 17 heavy (non-hydrogen) atoms. The lowest BCUT2D eigenvalue weighted by atomic mass is 10.2. The minimum atomic E-state index is -0.244. The summed E-state index contributed by atoms with van der Waals surface area (Å²) >= 11 is 0. The highest BCUT2D eigenvalue weighted by molar-refractivity contribution is 5.91. The number of hydrogen-bond acceptors (Lipinski definition) is 5. The number of aromatic nitrogens is 3. The van der Waals surface area contributed by atoms with E-state index < -0.39 is 0 Å². The number of nitrogens with zero attached hydrogens (tertiary/aromatic N) is 2. The molecule has 94 valence electrons. The van der Waals surface area contributed by atoms with E-state index in [1.54, 1.807) is 0 Å². The molecule has 1 heterocycles. The van der Waals surface area contributed by atoms with Gasteiger partial charge in [0.15, 0.2) is 5.69 Å². The van der Waals surface area contributed by atoms with Crippen LogP contribution >= 0.6 is 0 Å². The summed E-state index contributed by atoms with van der Waals surface area (Å²) in [6.45, 7) is 0.562. The Kier molecular flexibility index (Phi) is 5.70. The van der Waals surface area contributed by atoms with E-state index in [4.69, 9.17) is 0 Å². The first-order valence-electron chi connectivity index (χ1n) is 5.45. The molecule has 0 aliphatic carbocycles. The SMILES string of the molecule is COC(=O)CCCCCNC(=O)c1cn[nH]n1. The van der Waals surface area contributed by atoms with Gasteiger partial charge < -0.3 is 10.1 Å². The Morgan fingerprint density at radius 1 is 1.41 bits per heavy atom. The molecule has 7 nitrogen and oxygen atoms in total. The van der Waals surface area contributed by atoms with E-state index in [0.717, 1.165) is 19.3 Å². The number of carbonyl (C=O) groups excluding carboxylic acids is 2. The normalized spacial score (nSPS) is 9.94. The van der Waals surface area contributed by atoms with Crippen molar-refractivity contribution in [2.45, 2.75) is 25.7 Å². The number of amides is 1. The maximum atomic E-state index is 11.4. The number of nitrogens with one attached hydrogen (secondary N) is 2. The van der Waals surface area contributed by atoms with Crippen molar-refractivity contribution in [1.82, 2.24) is 20.7 Å². The van der Waals surface area contributed by atoms with Gasteiger partial charge in [0.05, 0.1) is 13.3 Å². The summed E-state index contributed by atoms with van der Waals surface area (Å²) in [4.78, 5) is 22.2. The van der Waals surface area contributed by atoms with Crippen molar-refractivity contribution in [3.63, 3.8) is 0 Å². The molecule has 0 unspecified atom stereocenters. The molecule has 0 aliphatic heterocycles. The molecule has 7 heteroatoms. The van der Waals surface area contributed by atoms with Gasteiger partial charge in [0.1, 0.15) is 0 Å². The van der Waals surface area contributed by atoms with Gasteiger partial charge in [-0.05, 0) is 12.8 Å². The fourth-order valence-electron chi connectivity index (χ4n) is 1.28. The van der Waals surface area contributed by atoms with Crippen molar-refractivity contribution >= 4 is 11.9 Å². The van der Waals surface area contributed by atoms with E-state index in [9.17, 15) is 9.59 Å². The Morgan fingerprint density at radius 3 is 2.88 bits per heavy atom. The van der Waals surface area contributed by atoms with Gasteiger partial charge in [-0.3, -0.25) is 9.59 Å². The standard InChI is InChI=1S/C10H16N4O3/c1-17-9(15)5-3-2-4-6-11-10(16)8-7-12-14-13-8/h7H,2-6H2,1H3,(H,11,16)(H,12,13,14). The molecule has 0 radical (unpaired) electrons. The van der Waals surface area contributed by atoms with Crippen LogP contribution in [0.1, 0.15) is 36.2 Å². The second-order valence-corrected chi connectivity index (χ2v) is 3.50. The van der Waals surface area contributed by atoms with Crippen molar-refractivity contribution in [1.29, 1.82) is 0 Å². The molecule has 0 bridgehead atoms. The van der Waals surface area contributed by atoms with E-state index in [-0.39, 0.29) is 17.6 Å². The number of rotatable bonds is 7. The van der Waals surface area contributed by atoms with Crippen molar-refractivity contribution < 1.29 is 14.3 Å². The van der Waals surface area contributed by atoms with Crippen LogP contribution in [0.3, 0.4) is 0 Å². The van der Waals surface area contributed by atoms with Crippen molar-refractivity contribution in [2.75, 3.05) is 13.7 Å². The number of H-pyrrole nitrogens is 1. The monoisotopic (exact) mass is 240 g/mol. The highest BCUT2D eigenvalue weighted by atomic mass is 16.5. The van der Waals surface area contributed by atoms with Gasteiger partial charge in [-0.1, -0.05) is 6.42 Å². The molecule has 0 saturated carbocycles. The summed E-state index contributed by atoms with van der Waals surface area (Å²) in [5.41, 5.74) is 0.277. The fraction of sp³-hybridized carbons (Fsp3) is 0.600. The van der Waals surface area contributed by atoms with E-state index in [1.807, 2.05) is 0 Å². The molecule has 0 fully saturated rings. The average Bonchev–Trinajstić information content (AvgIpc) is 2.86.